The molecule has 1 aromatic carbocycles. The molecule has 0 bridgehead atoms. The third-order valence-electron chi connectivity index (χ3n) is 6.51. The van der Waals surface area contributed by atoms with Crippen molar-refractivity contribution >= 4 is 19.4 Å². The first-order valence-electron chi connectivity index (χ1n) is 10.4. The van der Waals surface area contributed by atoms with Gasteiger partial charge in [0.05, 0.1) is 12.1 Å². The lowest BCUT2D eigenvalue weighted by molar-refractivity contribution is 0.135. The van der Waals surface area contributed by atoms with Crippen LogP contribution in [0.4, 0.5) is 0 Å². The predicted octanol–water partition coefficient (Wildman–Crippen LogP) is 5.24. The quantitative estimate of drug-likeness (QED) is 0.505. The molecule has 0 saturated heterocycles. The number of ether oxygens (including phenoxy) is 1. The molecule has 0 aliphatic carbocycles. The maximum Gasteiger partial charge on any atom is 0.192 e. The van der Waals surface area contributed by atoms with Gasteiger partial charge < -0.3 is 9.16 Å². The minimum Gasteiger partial charge on any atom is -0.412 e. The van der Waals surface area contributed by atoms with Crippen LogP contribution >= 0.6 is 0 Å². The van der Waals surface area contributed by atoms with Crippen LogP contribution in [-0.4, -0.2) is 35.4 Å². The Balaban J connectivity index is 1.95. The van der Waals surface area contributed by atoms with Crippen molar-refractivity contribution < 1.29 is 9.16 Å². The van der Waals surface area contributed by atoms with Gasteiger partial charge in [-0.15, -0.1) is 5.10 Å². The predicted molar refractivity (Wildman–Crippen MR) is 123 cm³/mol. The van der Waals surface area contributed by atoms with Crippen LogP contribution in [0.5, 0.6) is 0 Å². The van der Waals surface area contributed by atoms with E-state index >= 15 is 0 Å². The van der Waals surface area contributed by atoms with E-state index in [1.807, 2.05) is 26.2 Å². The van der Waals surface area contributed by atoms with E-state index in [2.05, 4.69) is 68.2 Å². The second-order valence-corrected chi connectivity index (χ2v) is 14.3. The van der Waals surface area contributed by atoms with Crippen LogP contribution in [0.15, 0.2) is 24.4 Å². The summed E-state index contributed by atoms with van der Waals surface area (Å²) in [7, 11) is 1.80. The smallest absolute Gasteiger partial charge is 0.192 e. The fourth-order valence-electron chi connectivity index (χ4n) is 3.34. The Hall–Kier alpha value is -2.09. The number of nitrogens with zero attached hydrogens (tertiary/aromatic N) is 4. The maximum absolute atomic E-state index is 6.46. The van der Waals surface area contributed by atoms with Crippen LogP contribution in [0.2, 0.25) is 18.1 Å². The molecule has 162 valence electrons. The number of hydrogen-bond donors (Lipinski definition) is 0. The number of aryl methyl sites for hydroxylation is 3. The SMILES string of the molecule is COC(c1cnc(C)c(CO[Si](C)(C)C(C)(C)C)c1)c1ccc2c(nnn2C)c1C. The number of aromatic nitrogens is 4. The lowest BCUT2D eigenvalue weighted by atomic mass is 9.96. The maximum atomic E-state index is 6.46. The van der Waals surface area contributed by atoms with Gasteiger partial charge in [0.15, 0.2) is 8.32 Å². The Bertz CT molecular complexity index is 1050. The van der Waals surface area contributed by atoms with Crippen molar-refractivity contribution in [3.8, 4) is 0 Å². The summed E-state index contributed by atoms with van der Waals surface area (Å²) >= 11 is 0. The summed E-state index contributed by atoms with van der Waals surface area (Å²) in [5, 5.41) is 8.65. The Morgan fingerprint density at radius 2 is 1.87 bits per heavy atom. The highest BCUT2D eigenvalue weighted by molar-refractivity contribution is 6.74. The molecule has 0 aliphatic rings. The molecule has 0 aliphatic heterocycles. The fraction of sp³-hybridized carbons (Fsp3) is 0.522. The van der Waals surface area contributed by atoms with E-state index in [4.69, 9.17) is 9.16 Å². The number of fused-ring (bicyclic) bond motifs is 1. The zero-order chi connectivity index (χ0) is 22.3. The Labute approximate surface area is 180 Å². The van der Waals surface area contributed by atoms with Crippen molar-refractivity contribution in [1.29, 1.82) is 0 Å². The number of benzene rings is 1. The van der Waals surface area contributed by atoms with E-state index in [1.165, 1.54) is 0 Å². The molecule has 0 amide bonds. The lowest BCUT2D eigenvalue weighted by Gasteiger charge is -2.36. The van der Waals surface area contributed by atoms with E-state index < -0.39 is 8.32 Å². The molecule has 1 unspecified atom stereocenters. The van der Waals surface area contributed by atoms with Gasteiger partial charge in [-0.05, 0) is 60.8 Å². The number of hydrogen-bond acceptors (Lipinski definition) is 5. The summed E-state index contributed by atoms with van der Waals surface area (Å²) < 4.78 is 14.2. The average Bonchev–Trinajstić information content (AvgIpc) is 3.05. The number of rotatable bonds is 6. The van der Waals surface area contributed by atoms with Gasteiger partial charge in [0.1, 0.15) is 11.6 Å². The molecule has 7 heteroatoms. The summed E-state index contributed by atoms with van der Waals surface area (Å²) in [6.45, 7) is 16.0. The summed E-state index contributed by atoms with van der Waals surface area (Å²) in [4.78, 5) is 4.66. The van der Waals surface area contributed by atoms with Crippen molar-refractivity contribution in [2.24, 2.45) is 7.05 Å². The molecular weight excluding hydrogens is 392 g/mol. The molecule has 0 N–H and O–H groups in total. The Kier molecular flexibility index (Phi) is 6.18. The first-order chi connectivity index (χ1) is 14.0. The van der Waals surface area contributed by atoms with Crippen molar-refractivity contribution in [3.63, 3.8) is 0 Å². The first-order valence-corrected chi connectivity index (χ1v) is 13.3. The van der Waals surface area contributed by atoms with Crippen molar-refractivity contribution in [3.05, 3.63) is 52.3 Å². The minimum atomic E-state index is -1.84. The van der Waals surface area contributed by atoms with E-state index in [0.29, 0.717) is 6.61 Å². The van der Waals surface area contributed by atoms with Crippen LogP contribution in [0, 0.1) is 13.8 Å². The Morgan fingerprint density at radius 3 is 2.50 bits per heavy atom. The zero-order valence-electron chi connectivity index (χ0n) is 19.7. The van der Waals surface area contributed by atoms with Crippen molar-refractivity contribution in [1.82, 2.24) is 20.0 Å². The summed E-state index contributed by atoms with van der Waals surface area (Å²) in [5.74, 6) is 0. The Morgan fingerprint density at radius 1 is 1.17 bits per heavy atom. The third kappa shape index (κ3) is 4.19. The molecule has 2 heterocycles. The molecule has 0 fully saturated rings. The first kappa shape index (κ1) is 22.6. The van der Waals surface area contributed by atoms with Gasteiger partial charge in [-0.2, -0.15) is 0 Å². The normalized spacial score (nSPS) is 13.8. The second-order valence-electron chi connectivity index (χ2n) is 9.54. The third-order valence-corrected chi connectivity index (χ3v) is 11.0. The molecular formula is C23H34N4O2Si. The van der Waals surface area contributed by atoms with Gasteiger partial charge in [-0.1, -0.05) is 32.1 Å². The highest BCUT2D eigenvalue weighted by Gasteiger charge is 2.37. The van der Waals surface area contributed by atoms with Crippen LogP contribution in [0.1, 0.15) is 54.8 Å². The van der Waals surface area contributed by atoms with Gasteiger partial charge in [0.2, 0.25) is 0 Å². The summed E-state index contributed by atoms with van der Waals surface area (Å²) in [6.07, 6.45) is 1.68. The minimum absolute atomic E-state index is 0.171. The number of methoxy groups -OCH3 is 1. The van der Waals surface area contributed by atoms with Gasteiger partial charge in [0, 0.05) is 31.6 Å². The average molecular weight is 427 g/mol. The molecule has 6 nitrogen and oxygen atoms in total. The summed E-state index contributed by atoms with van der Waals surface area (Å²) in [5.41, 5.74) is 7.18. The van der Waals surface area contributed by atoms with Crippen LogP contribution in [0.3, 0.4) is 0 Å². The lowest BCUT2D eigenvalue weighted by Crippen LogP contribution is -2.40. The number of pyridine rings is 1. The van der Waals surface area contributed by atoms with E-state index in [0.717, 1.165) is 39.0 Å². The van der Waals surface area contributed by atoms with Gasteiger partial charge in [-0.3, -0.25) is 4.98 Å². The molecule has 3 aromatic rings. The monoisotopic (exact) mass is 426 g/mol. The molecule has 30 heavy (non-hydrogen) atoms. The highest BCUT2D eigenvalue weighted by Crippen LogP contribution is 2.37. The summed E-state index contributed by atoms with van der Waals surface area (Å²) in [6, 6.07) is 6.32. The standard InChI is InChI=1S/C23H34N4O2Si/c1-15-19(10-11-20-21(15)25-26-27(20)6)22(28-7)17-12-18(16(2)24-13-17)14-29-30(8,9)23(3,4)5/h10-13,22H,14H2,1-9H3. The van der Waals surface area contributed by atoms with Crippen molar-refractivity contribution in [2.45, 2.75) is 65.5 Å². The van der Waals surface area contributed by atoms with Crippen LogP contribution in [-0.2, 0) is 22.8 Å². The molecule has 0 spiro atoms. The highest BCUT2D eigenvalue weighted by atomic mass is 28.4. The van der Waals surface area contributed by atoms with E-state index in [1.54, 1.807) is 11.8 Å². The van der Waals surface area contributed by atoms with Gasteiger partial charge in [-0.25, -0.2) is 4.68 Å². The molecule has 1 atom stereocenters. The van der Waals surface area contributed by atoms with Gasteiger partial charge >= 0.3 is 0 Å². The molecule has 0 radical (unpaired) electrons. The zero-order valence-corrected chi connectivity index (χ0v) is 20.7. The molecule has 3 rings (SSSR count). The van der Waals surface area contributed by atoms with Crippen LogP contribution in [0.25, 0.3) is 11.0 Å². The topological polar surface area (TPSA) is 62.1 Å². The van der Waals surface area contributed by atoms with Crippen LogP contribution < -0.4 is 0 Å². The van der Waals surface area contributed by atoms with Gasteiger partial charge in [0.25, 0.3) is 0 Å². The molecule has 0 saturated carbocycles. The van der Waals surface area contributed by atoms with E-state index in [9.17, 15) is 0 Å². The van der Waals surface area contributed by atoms with Crippen molar-refractivity contribution in [2.75, 3.05) is 7.11 Å². The fourth-order valence-corrected chi connectivity index (χ4v) is 4.29. The largest absolute Gasteiger partial charge is 0.412 e. The molecule has 2 aromatic heterocycles. The second kappa shape index (κ2) is 8.21. The van der Waals surface area contributed by atoms with E-state index in [-0.39, 0.29) is 11.1 Å².